The van der Waals surface area contributed by atoms with E-state index in [1.54, 1.807) is 6.20 Å². The van der Waals surface area contributed by atoms with E-state index in [-0.39, 0.29) is 11.9 Å². The van der Waals surface area contributed by atoms with Crippen LogP contribution in [-0.4, -0.2) is 20.7 Å². The van der Waals surface area contributed by atoms with Gasteiger partial charge in [-0.15, -0.1) is 0 Å². The number of nitrogens with zero attached hydrogens (tertiary/aromatic N) is 3. The van der Waals surface area contributed by atoms with E-state index in [2.05, 4.69) is 15.4 Å². The second-order valence-electron chi connectivity index (χ2n) is 5.41. The number of hydrogen-bond donors (Lipinski definition) is 1. The number of pyridine rings is 1. The summed E-state index contributed by atoms with van der Waals surface area (Å²) in [7, 11) is 0. The summed E-state index contributed by atoms with van der Waals surface area (Å²) in [6.45, 7) is 2.02. The van der Waals surface area contributed by atoms with Crippen LogP contribution < -0.4 is 5.32 Å². The molecular formula is C16H20N4O. The molecular weight excluding hydrogens is 264 g/mol. The maximum Gasteiger partial charge on any atom is 0.220 e. The largest absolute Gasteiger partial charge is 0.349 e. The molecule has 0 spiro atoms. The number of fused-ring (bicyclic) bond motifs is 1. The molecule has 2 aromatic heterocycles. The van der Waals surface area contributed by atoms with Crippen LogP contribution in [0.1, 0.15) is 49.9 Å². The zero-order valence-electron chi connectivity index (χ0n) is 12.2. The molecule has 3 rings (SSSR count). The third-order valence-corrected chi connectivity index (χ3v) is 3.86. The van der Waals surface area contributed by atoms with Crippen molar-refractivity contribution in [1.82, 2.24) is 20.1 Å². The number of carbonyl (C=O) groups excluding carboxylic acids is 1. The van der Waals surface area contributed by atoms with Gasteiger partial charge in [-0.3, -0.25) is 4.79 Å². The van der Waals surface area contributed by atoms with E-state index in [9.17, 15) is 4.79 Å². The highest BCUT2D eigenvalue weighted by molar-refractivity contribution is 5.76. The Labute approximate surface area is 124 Å². The Morgan fingerprint density at radius 3 is 3.14 bits per heavy atom. The molecule has 5 nitrogen and oxygen atoms in total. The van der Waals surface area contributed by atoms with Gasteiger partial charge >= 0.3 is 0 Å². The highest BCUT2D eigenvalue weighted by Gasteiger charge is 2.25. The van der Waals surface area contributed by atoms with Crippen LogP contribution in [0.4, 0.5) is 0 Å². The van der Waals surface area contributed by atoms with Gasteiger partial charge in [-0.05, 0) is 37.8 Å². The van der Waals surface area contributed by atoms with Gasteiger partial charge in [-0.2, -0.15) is 5.10 Å². The van der Waals surface area contributed by atoms with Gasteiger partial charge < -0.3 is 5.32 Å². The van der Waals surface area contributed by atoms with Crippen LogP contribution in [0, 0.1) is 0 Å². The van der Waals surface area contributed by atoms with Crippen LogP contribution in [0.5, 0.6) is 0 Å². The second kappa shape index (κ2) is 6.08. The van der Waals surface area contributed by atoms with Crippen molar-refractivity contribution in [2.75, 3.05) is 0 Å². The Morgan fingerprint density at radius 1 is 1.48 bits per heavy atom. The van der Waals surface area contributed by atoms with Crippen molar-refractivity contribution >= 4 is 5.91 Å². The molecule has 1 aliphatic carbocycles. The van der Waals surface area contributed by atoms with E-state index in [1.807, 2.05) is 36.0 Å². The smallest absolute Gasteiger partial charge is 0.220 e. The van der Waals surface area contributed by atoms with Crippen molar-refractivity contribution in [3.05, 3.63) is 41.9 Å². The zero-order valence-corrected chi connectivity index (χ0v) is 12.2. The third-order valence-electron chi connectivity index (χ3n) is 3.86. The van der Waals surface area contributed by atoms with Gasteiger partial charge in [0.15, 0.2) is 5.82 Å². The highest BCUT2D eigenvalue weighted by atomic mass is 16.1. The number of amides is 1. The highest BCUT2D eigenvalue weighted by Crippen LogP contribution is 2.30. The maximum absolute atomic E-state index is 11.8. The average molecular weight is 284 g/mol. The summed E-state index contributed by atoms with van der Waals surface area (Å²) >= 11 is 0. The molecule has 0 aromatic carbocycles. The fourth-order valence-corrected chi connectivity index (χ4v) is 2.88. The molecule has 0 aliphatic heterocycles. The summed E-state index contributed by atoms with van der Waals surface area (Å²) < 4.78 is 1.90. The van der Waals surface area contributed by atoms with Gasteiger partial charge in [-0.25, -0.2) is 9.67 Å². The number of rotatable bonds is 4. The van der Waals surface area contributed by atoms with E-state index in [0.29, 0.717) is 6.42 Å². The van der Waals surface area contributed by atoms with Crippen LogP contribution in [-0.2, 0) is 11.2 Å². The molecule has 21 heavy (non-hydrogen) atoms. The van der Waals surface area contributed by atoms with Gasteiger partial charge in [0.2, 0.25) is 5.91 Å². The summed E-state index contributed by atoms with van der Waals surface area (Å²) in [5.74, 6) is 0.959. The van der Waals surface area contributed by atoms with Gasteiger partial charge in [0.1, 0.15) is 0 Å². The molecule has 1 atom stereocenters. The lowest BCUT2D eigenvalue weighted by Gasteiger charge is -2.24. The SMILES string of the molecule is CCCC(=O)N[C@@H]1CCCc2c1cnn2-c1ccccn1. The van der Waals surface area contributed by atoms with Crippen LogP contribution in [0.15, 0.2) is 30.6 Å². The molecule has 1 aliphatic rings. The summed E-state index contributed by atoms with van der Waals surface area (Å²) in [4.78, 5) is 16.2. The van der Waals surface area contributed by atoms with E-state index in [1.165, 1.54) is 5.69 Å². The molecule has 1 N–H and O–H groups in total. The van der Waals surface area contributed by atoms with Crippen molar-refractivity contribution in [3.63, 3.8) is 0 Å². The Hall–Kier alpha value is -2.17. The first kappa shape index (κ1) is 13.8. The molecule has 0 radical (unpaired) electrons. The number of carbonyl (C=O) groups is 1. The fourth-order valence-electron chi connectivity index (χ4n) is 2.88. The number of aromatic nitrogens is 3. The molecule has 2 heterocycles. The molecule has 0 fully saturated rings. The summed E-state index contributed by atoms with van der Waals surface area (Å²) in [6.07, 6.45) is 8.12. The van der Waals surface area contributed by atoms with Crippen molar-refractivity contribution in [2.24, 2.45) is 0 Å². The van der Waals surface area contributed by atoms with E-state index in [0.717, 1.165) is 37.1 Å². The monoisotopic (exact) mass is 284 g/mol. The predicted molar refractivity (Wildman–Crippen MR) is 80.1 cm³/mol. The first-order valence-electron chi connectivity index (χ1n) is 7.57. The van der Waals surface area contributed by atoms with Crippen LogP contribution >= 0.6 is 0 Å². The normalized spacial score (nSPS) is 17.3. The number of hydrogen-bond acceptors (Lipinski definition) is 3. The summed E-state index contributed by atoms with van der Waals surface area (Å²) in [5.41, 5.74) is 2.30. The Balaban J connectivity index is 1.87. The Morgan fingerprint density at radius 2 is 2.38 bits per heavy atom. The molecule has 1 amide bonds. The minimum absolute atomic E-state index is 0.0882. The molecule has 5 heteroatoms. The van der Waals surface area contributed by atoms with E-state index < -0.39 is 0 Å². The molecule has 2 aromatic rings. The first-order valence-corrected chi connectivity index (χ1v) is 7.57. The quantitative estimate of drug-likeness (QED) is 0.938. The Kier molecular flexibility index (Phi) is 3.99. The molecule has 0 saturated heterocycles. The molecule has 0 unspecified atom stereocenters. The van der Waals surface area contributed by atoms with Gasteiger partial charge in [0, 0.05) is 18.2 Å². The molecule has 0 bridgehead atoms. The first-order chi connectivity index (χ1) is 10.3. The lowest BCUT2D eigenvalue weighted by atomic mass is 9.93. The number of nitrogens with one attached hydrogen (secondary N) is 1. The van der Waals surface area contributed by atoms with E-state index in [4.69, 9.17) is 0 Å². The van der Waals surface area contributed by atoms with Gasteiger partial charge in [-0.1, -0.05) is 13.0 Å². The lowest BCUT2D eigenvalue weighted by molar-refractivity contribution is -0.122. The van der Waals surface area contributed by atoms with Gasteiger partial charge in [0.25, 0.3) is 0 Å². The predicted octanol–water partition coefficient (Wildman–Crippen LogP) is 2.56. The van der Waals surface area contributed by atoms with Crippen molar-refractivity contribution in [3.8, 4) is 5.82 Å². The second-order valence-corrected chi connectivity index (χ2v) is 5.41. The average Bonchev–Trinajstić information content (AvgIpc) is 2.93. The summed E-state index contributed by atoms with van der Waals surface area (Å²) in [6, 6.07) is 5.89. The maximum atomic E-state index is 11.8. The van der Waals surface area contributed by atoms with E-state index >= 15 is 0 Å². The minimum atomic E-state index is 0.0882. The molecule has 0 saturated carbocycles. The molecule has 110 valence electrons. The third kappa shape index (κ3) is 2.82. The fraction of sp³-hybridized carbons (Fsp3) is 0.438. The minimum Gasteiger partial charge on any atom is -0.349 e. The van der Waals surface area contributed by atoms with Gasteiger partial charge in [0.05, 0.1) is 17.9 Å². The Bertz CT molecular complexity index is 620. The van der Waals surface area contributed by atoms with Crippen LogP contribution in [0.2, 0.25) is 0 Å². The summed E-state index contributed by atoms with van der Waals surface area (Å²) in [5, 5.41) is 7.60. The van der Waals surface area contributed by atoms with Crippen LogP contribution in [0.25, 0.3) is 5.82 Å². The standard InChI is InChI=1S/C16H20N4O/c1-2-6-16(21)19-13-7-5-8-14-12(13)11-18-20(14)15-9-3-4-10-17-15/h3-4,9-11,13H,2,5-8H2,1H3,(H,19,21)/t13-/m1/s1. The van der Waals surface area contributed by atoms with Crippen molar-refractivity contribution in [1.29, 1.82) is 0 Å². The van der Waals surface area contributed by atoms with Crippen molar-refractivity contribution < 1.29 is 4.79 Å². The van der Waals surface area contributed by atoms with Crippen molar-refractivity contribution in [2.45, 2.75) is 45.1 Å². The van der Waals surface area contributed by atoms with Crippen LogP contribution in [0.3, 0.4) is 0 Å². The lowest BCUT2D eigenvalue weighted by Crippen LogP contribution is -2.30. The zero-order chi connectivity index (χ0) is 14.7. The topological polar surface area (TPSA) is 59.8 Å².